The summed E-state index contributed by atoms with van der Waals surface area (Å²) in [6, 6.07) is 14.8. The molecule has 1 amide bonds. The Kier molecular flexibility index (Phi) is 5.60. The van der Waals surface area contributed by atoms with Crippen LogP contribution in [0.3, 0.4) is 0 Å². The Morgan fingerprint density at radius 1 is 1.19 bits per heavy atom. The van der Waals surface area contributed by atoms with Gasteiger partial charge < -0.3 is 15.4 Å². The Balaban J connectivity index is 1.82. The summed E-state index contributed by atoms with van der Waals surface area (Å²) >= 11 is 5.91. The number of rotatable bonds is 6. The van der Waals surface area contributed by atoms with Crippen LogP contribution in [0.4, 0.5) is 5.69 Å². The molecule has 0 radical (unpaired) electrons. The van der Waals surface area contributed by atoms with E-state index in [1.165, 1.54) is 0 Å². The molecular formula is C16H17ClN2O2. The number of para-hydroxylation sites is 2. The molecule has 2 aromatic rings. The molecule has 5 heteroatoms. The molecule has 0 spiro atoms. The molecule has 2 rings (SSSR count). The fraction of sp³-hybridized carbons (Fsp3) is 0.188. The largest absolute Gasteiger partial charge is 0.495 e. The van der Waals surface area contributed by atoms with Crippen molar-refractivity contribution in [3.63, 3.8) is 0 Å². The van der Waals surface area contributed by atoms with E-state index in [1.807, 2.05) is 36.4 Å². The number of benzene rings is 2. The van der Waals surface area contributed by atoms with Gasteiger partial charge in [0.05, 0.1) is 19.3 Å². The Morgan fingerprint density at radius 2 is 2.00 bits per heavy atom. The third-order valence-electron chi connectivity index (χ3n) is 2.88. The van der Waals surface area contributed by atoms with Crippen molar-refractivity contribution >= 4 is 23.2 Å². The second kappa shape index (κ2) is 7.67. The van der Waals surface area contributed by atoms with Crippen LogP contribution in [0.1, 0.15) is 5.56 Å². The minimum atomic E-state index is -0.124. The predicted octanol–water partition coefficient (Wildman–Crippen LogP) is 3.08. The Hall–Kier alpha value is -2.04. The quantitative estimate of drug-likeness (QED) is 0.862. The van der Waals surface area contributed by atoms with Crippen molar-refractivity contribution in [1.29, 1.82) is 0 Å². The Bertz CT molecular complexity index is 617. The summed E-state index contributed by atoms with van der Waals surface area (Å²) in [4.78, 5) is 11.9. The number of ether oxygens (including phenoxy) is 1. The van der Waals surface area contributed by atoms with Gasteiger partial charge in [-0.2, -0.15) is 0 Å². The highest BCUT2D eigenvalue weighted by molar-refractivity contribution is 6.30. The molecule has 4 nitrogen and oxygen atoms in total. The average molecular weight is 305 g/mol. The normalized spacial score (nSPS) is 10.2. The minimum absolute atomic E-state index is 0.124. The van der Waals surface area contributed by atoms with E-state index in [1.54, 1.807) is 19.2 Å². The third kappa shape index (κ3) is 4.77. The van der Waals surface area contributed by atoms with Crippen LogP contribution < -0.4 is 15.4 Å². The fourth-order valence-corrected chi connectivity index (χ4v) is 2.12. The molecule has 0 fully saturated rings. The number of carbonyl (C=O) groups excluding carboxylic acids is 1. The SMILES string of the molecule is COc1ccccc1NC(=O)CNCc1cccc(Cl)c1. The number of amides is 1. The third-order valence-corrected chi connectivity index (χ3v) is 3.12. The molecular weight excluding hydrogens is 288 g/mol. The molecule has 110 valence electrons. The first kappa shape index (κ1) is 15.4. The molecule has 21 heavy (non-hydrogen) atoms. The zero-order chi connectivity index (χ0) is 15.1. The van der Waals surface area contributed by atoms with Crippen LogP contribution in [0.15, 0.2) is 48.5 Å². The van der Waals surface area contributed by atoms with Gasteiger partial charge >= 0.3 is 0 Å². The van der Waals surface area contributed by atoms with Crippen molar-refractivity contribution in [3.05, 3.63) is 59.1 Å². The molecule has 0 atom stereocenters. The fourth-order valence-electron chi connectivity index (χ4n) is 1.91. The zero-order valence-electron chi connectivity index (χ0n) is 11.7. The van der Waals surface area contributed by atoms with E-state index in [-0.39, 0.29) is 12.5 Å². The van der Waals surface area contributed by atoms with Gasteiger partial charge in [0.2, 0.25) is 5.91 Å². The van der Waals surface area contributed by atoms with E-state index in [0.717, 1.165) is 5.56 Å². The first-order valence-corrected chi connectivity index (χ1v) is 6.95. The molecule has 0 saturated carbocycles. The number of anilines is 1. The molecule has 2 aromatic carbocycles. The van der Waals surface area contributed by atoms with Gasteiger partial charge in [0.25, 0.3) is 0 Å². The number of hydrogen-bond acceptors (Lipinski definition) is 3. The summed E-state index contributed by atoms with van der Waals surface area (Å²) < 4.78 is 5.18. The maximum absolute atomic E-state index is 11.9. The average Bonchev–Trinajstić information content (AvgIpc) is 2.48. The van der Waals surface area contributed by atoms with Crippen LogP contribution in [-0.4, -0.2) is 19.6 Å². The molecule has 0 saturated heterocycles. The van der Waals surface area contributed by atoms with Gasteiger partial charge in [0.1, 0.15) is 5.75 Å². The highest BCUT2D eigenvalue weighted by Crippen LogP contribution is 2.22. The van der Waals surface area contributed by atoms with Crippen molar-refractivity contribution in [2.75, 3.05) is 19.0 Å². The van der Waals surface area contributed by atoms with Crippen molar-refractivity contribution in [1.82, 2.24) is 5.32 Å². The van der Waals surface area contributed by atoms with E-state index < -0.39 is 0 Å². The maximum atomic E-state index is 11.9. The highest BCUT2D eigenvalue weighted by Gasteiger charge is 2.06. The lowest BCUT2D eigenvalue weighted by Crippen LogP contribution is -2.27. The van der Waals surface area contributed by atoms with E-state index in [2.05, 4.69) is 10.6 Å². The van der Waals surface area contributed by atoms with Crippen LogP contribution >= 0.6 is 11.6 Å². The summed E-state index contributed by atoms with van der Waals surface area (Å²) in [6.07, 6.45) is 0. The first-order chi connectivity index (χ1) is 10.2. The number of halogens is 1. The second-order valence-corrected chi connectivity index (χ2v) is 4.92. The molecule has 2 N–H and O–H groups in total. The van der Waals surface area contributed by atoms with Crippen molar-refractivity contribution in [2.24, 2.45) is 0 Å². The van der Waals surface area contributed by atoms with Gasteiger partial charge in [-0.05, 0) is 29.8 Å². The van der Waals surface area contributed by atoms with E-state index >= 15 is 0 Å². The minimum Gasteiger partial charge on any atom is -0.495 e. The summed E-state index contributed by atoms with van der Waals surface area (Å²) in [6.45, 7) is 0.796. The van der Waals surface area contributed by atoms with Crippen LogP contribution in [0.2, 0.25) is 5.02 Å². The Morgan fingerprint density at radius 3 is 2.76 bits per heavy atom. The lowest BCUT2D eigenvalue weighted by molar-refractivity contribution is -0.115. The molecule has 0 aliphatic rings. The monoisotopic (exact) mass is 304 g/mol. The number of methoxy groups -OCH3 is 1. The standard InChI is InChI=1S/C16H17ClN2O2/c1-21-15-8-3-2-7-14(15)19-16(20)11-18-10-12-5-4-6-13(17)9-12/h2-9,18H,10-11H2,1H3,(H,19,20). The predicted molar refractivity (Wildman–Crippen MR) is 84.8 cm³/mol. The van der Waals surface area contributed by atoms with Crippen molar-refractivity contribution in [3.8, 4) is 5.75 Å². The molecule has 0 aliphatic carbocycles. The highest BCUT2D eigenvalue weighted by atomic mass is 35.5. The number of carbonyl (C=O) groups is 1. The second-order valence-electron chi connectivity index (χ2n) is 4.48. The molecule has 0 aliphatic heterocycles. The Labute approximate surface area is 129 Å². The lowest BCUT2D eigenvalue weighted by atomic mass is 10.2. The molecule has 0 aromatic heterocycles. The summed E-state index contributed by atoms with van der Waals surface area (Å²) in [5, 5.41) is 6.57. The zero-order valence-corrected chi connectivity index (χ0v) is 12.5. The molecule has 0 unspecified atom stereocenters. The number of nitrogens with one attached hydrogen (secondary N) is 2. The molecule has 0 heterocycles. The maximum Gasteiger partial charge on any atom is 0.238 e. The van der Waals surface area contributed by atoms with Crippen molar-refractivity contribution in [2.45, 2.75) is 6.54 Å². The van der Waals surface area contributed by atoms with Gasteiger partial charge in [-0.1, -0.05) is 35.9 Å². The smallest absolute Gasteiger partial charge is 0.238 e. The van der Waals surface area contributed by atoms with E-state index in [4.69, 9.17) is 16.3 Å². The van der Waals surface area contributed by atoms with Gasteiger partial charge in [0, 0.05) is 11.6 Å². The van der Waals surface area contributed by atoms with Gasteiger partial charge in [-0.15, -0.1) is 0 Å². The first-order valence-electron chi connectivity index (χ1n) is 6.57. The molecule has 0 bridgehead atoms. The number of hydrogen-bond donors (Lipinski definition) is 2. The van der Waals surface area contributed by atoms with Crippen LogP contribution in [0.25, 0.3) is 0 Å². The van der Waals surface area contributed by atoms with Crippen molar-refractivity contribution < 1.29 is 9.53 Å². The van der Waals surface area contributed by atoms with E-state index in [0.29, 0.717) is 23.0 Å². The van der Waals surface area contributed by atoms with Gasteiger partial charge in [0.15, 0.2) is 0 Å². The lowest BCUT2D eigenvalue weighted by Gasteiger charge is -2.10. The van der Waals surface area contributed by atoms with E-state index in [9.17, 15) is 4.79 Å². The summed E-state index contributed by atoms with van der Waals surface area (Å²) in [5.41, 5.74) is 1.70. The van der Waals surface area contributed by atoms with Gasteiger partial charge in [-0.25, -0.2) is 0 Å². The summed E-state index contributed by atoms with van der Waals surface area (Å²) in [5.74, 6) is 0.516. The van der Waals surface area contributed by atoms with Crippen LogP contribution in [-0.2, 0) is 11.3 Å². The van der Waals surface area contributed by atoms with Crippen LogP contribution in [0, 0.1) is 0 Å². The topological polar surface area (TPSA) is 50.4 Å². The van der Waals surface area contributed by atoms with Gasteiger partial charge in [-0.3, -0.25) is 4.79 Å². The van der Waals surface area contributed by atoms with Crippen LogP contribution in [0.5, 0.6) is 5.75 Å². The summed E-state index contributed by atoms with van der Waals surface area (Å²) in [7, 11) is 1.57.